The number of rotatable bonds is 12. The number of esters is 1. The first kappa shape index (κ1) is 19.5. The highest BCUT2D eigenvalue weighted by Crippen LogP contribution is 2.25. The van der Waals surface area contributed by atoms with Crippen LogP contribution in [0.4, 0.5) is 0 Å². The van der Waals surface area contributed by atoms with Gasteiger partial charge in [-0.3, -0.25) is 4.79 Å². The molecule has 1 aliphatic carbocycles. The van der Waals surface area contributed by atoms with Crippen molar-refractivity contribution in [1.82, 2.24) is 0 Å². The topological polar surface area (TPSA) is 26.3 Å². The van der Waals surface area contributed by atoms with Crippen molar-refractivity contribution in [3.8, 4) is 0 Å². The maximum Gasteiger partial charge on any atom is 0.305 e. The summed E-state index contributed by atoms with van der Waals surface area (Å²) in [5.74, 6) is 0.832. The molecule has 0 N–H and O–H groups in total. The first-order valence-electron chi connectivity index (χ1n) is 9.98. The Morgan fingerprint density at radius 2 is 1.45 bits per heavy atom. The second-order valence-electron chi connectivity index (χ2n) is 7.09. The van der Waals surface area contributed by atoms with E-state index in [9.17, 15) is 4.79 Å². The van der Waals surface area contributed by atoms with Gasteiger partial charge in [-0.2, -0.15) is 0 Å². The molecule has 0 unspecified atom stereocenters. The van der Waals surface area contributed by atoms with E-state index in [1.807, 2.05) is 0 Å². The molecule has 0 heterocycles. The van der Waals surface area contributed by atoms with Crippen molar-refractivity contribution in [2.24, 2.45) is 5.92 Å². The number of carbonyl (C=O) groups excluding carboxylic acids is 1. The molecule has 0 saturated heterocycles. The van der Waals surface area contributed by atoms with Crippen LogP contribution in [0, 0.1) is 5.92 Å². The molecule has 0 aromatic heterocycles. The van der Waals surface area contributed by atoms with Crippen molar-refractivity contribution in [3.63, 3.8) is 0 Å². The molecule has 2 heteroatoms. The summed E-state index contributed by atoms with van der Waals surface area (Å²) in [6.07, 6.45) is 20.2. The van der Waals surface area contributed by atoms with Crippen LogP contribution in [-0.2, 0) is 9.53 Å². The van der Waals surface area contributed by atoms with Crippen molar-refractivity contribution >= 4 is 5.97 Å². The maximum atomic E-state index is 11.7. The van der Waals surface area contributed by atoms with Crippen LogP contribution < -0.4 is 0 Å². The Labute approximate surface area is 138 Å². The lowest BCUT2D eigenvalue weighted by atomic mass is 9.97. The van der Waals surface area contributed by atoms with Crippen LogP contribution in [0.15, 0.2) is 0 Å². The number of hydrogen-bond acceptors (Lipinski definition) is 2. The van der Waals surface area contributed by atoms with Gasteiger partial charge >= 0.3 is 5.97 Å². The summed E-state index contributed by atoms with van der Waals surface area (Å²) in [6.45, 7) is 2.90. The van der Waals surface area contributed by atoms with Gasteiger partial charge in [0.2, 0.25) is 0 Å². The number of unbranched alkanes of at least 4 members (excludes halogenated alkanes) is 7. The van der Waals surface area contributed by atoms with E-state index >= 15 is 0 Å². The first-order chi connectivity index (χ1) is 10.8. The highest BCUT2D eigenvalue weighted by Gasteiger charge is 2.12. The first-order valence-corrected chi connectivity index (χ1v) is 9.98. The molecule has 0 aromatic rings. The highest BCUT2D eigenvalue weighted by molar-refractivity contribution is 5.69. The van der Waals surface area contributed by atoms with Crippen molar-refractivity contribution < 1.29 is 9.53 Å². The minimum absolute atomic E-state index is 0.0274. The third-order valence-corrected chi connectivity index (χ3v) is 5.00. The van der Waals surface area contributed by atoms with Gasteiger partial charge < -0.3 is 4.74 Å². The smallest absolute Gasteiger partial charge is 0.305 e. The molecule has 2 nitrogen and oxygen atoms in total. The predicted molar refractivity (Wildman–Crippen MR) is 94.0 cm³/mol. The van der Waals surface area contributed by atoms with E-state index in [2.05, 4.69) is 6.92 Å². The van der Waals surface area contributed by atoms with Crippen LogP contribution in [0.5, 0.6) is 0 Å². The summed E-state index contributed by atoms with van der Waals surface area (Å²) < 4.78 is 5.41. The molecule has 1 saturated carbocycles. The van der Waals surface area contributed by atoms with E-state index in [1.54, 1.807) is 0 Å². The summed E-state index contributed by atoms with van der Waals surface area (Å²) in [7, 11) is 0. The minimum Gasteiger partial charge on any atom is -0.466 e. The van der Waals surface area contributed by atoms with Gasteiger partial charge in [0.15, 0.2) is 0 Å². The van der Waals surface area contributed by atoms with Crippen LogP contribution in [0.1, 0.15) is 110 Å². The summed E-state index contributed by atoms with van der Waals surface area (Å²) in [5, 5.41) is 0. The van der Waals surface area contributed by atoms with Crippen LogP contribution in [0.2, 0.25) is 0 Å². The highest BCUT2D eigenvalue weighted by atomic mass is 16.5. The van der Waals surface area contributed by atoms with Crippen LogP contribution in [0.25, 0.3) is 0 Å². The molecule has 1 fully saturated rings. The van der Waals surface area contributed by atoms with Gasteiger partial charge in [0.1, 0.15) is 0 Å². The molecule has 130 valence electrons. The van der Waals surface area contributed by atoms with Crippen LogP contribution in [-0.4, -0.2) is 12.6 Å². The van der Waals surface area contributed by atoms with E-state index < -0.39 is 0 Å². The SMILES string of the molecule is CCCCCCCCCCC(=O)OCCC1CCCCCC1. The quantitative estimate of drug-likeness (QED) is 0.236. The van der Waals surface area contributed by atoms with Crippen molar-refractivity contribution in [1.29, 1.82) is 0 Å². The normalized spacial score (nSPS) is 16.4. The lowest BCUT2D eigenvalue weighted by molar-refractivity contribution is -0.144. The summed E-state index contributed by atoms with van der Waals surface area (Å²) in [4.78, 5) is 11.7. The molecule has 1 rings (SSSR count). The zero-order valence-corrected chi connectivity index (χ0v) is 14.9. The van der Waals surface area contributed by atoms with Gasteiger partial charge in [0.25, 0.3) is 0 Å². The van der Waals surface area contributed by atoms with Gasteiger partial charge in [-0.05, 0) is 18.8 Å². The second kappa shape index (κ2) is 14.1. The predicted octanol–water partition coefficient (Wildman–Crippen LogP) is 6.42. The van der Waals surface area contributed by atoms with Crippen molar-refractivity contribution in [3.05, 3.63) is 0 Å². The Balaban J connectivity index is 1.86. The van der Waals surface area contributed by atoms with E-state index in [0.29, 0.717) is 13.0 Å². The van der Waals surface area contributed by atoms with Crippen molar-refractivity contribution in [2.45, 2.75) is 110 Å². The minimum atomic E-state index is 0.0274. The molecule has 0 amide bonds. The fourth-order valence-electron chi connectivity index (χ4n) is 3.47. The molecular formula is C20H38O2. The third-order valence-electron chi connectivity index (χ3n) is 5.00. The summed E-state index contributed by atoms with van der Waals surface area (Å²) >= 11 is 0. The Bertz CT molecular complexity index is 254. The molecule has 22 heavy (non-hydrogen) atoms. The Kier molecular flexibility index (Phi) is 12.5. The molecule has 0 aromatic carbocycles. The summed E-state index contributed by atoms with van der Waals surface area (Å²) in [6, 6.07) is 0. The van der Waals surface area contributed by atoms with Crippen molar-refractivity contribution in [2.75, 3.05) is 6.61 Å². The maximum absolute atomic E-state index is 11.7. The number of carbonyl (C=O) groups is 1. The van der Waals surface area contributed by atoms with Gasteiger partial charge in [0, 0.05) is 6.42 Å². The van der Waals surface area contributed by atoms with Gasteiger partial charge in [-0.15, -0.1) is 0 Å². The molecule has 0 spiro atoms. The van der Waals surface area contributed by atoms with E-state index in [4.69, 9.17) is 4.74 Å². The fourth-order valence-corrected chi connectivity index (χ4v) is 3.47. The zero-order valence-electron chi connectivity index (χ0n) is 14.9. The molecule has 1 aliphatic rings. The Morgan fingerprint density at radius 3 is 2.09 bits per heavy atom. The number of ether oxygens (including phenoxy) is 1. The largest absolute Gasteiger partial charge is 0.466 e. The second-order valence-corrected chi connectivity index (χ2v) is 7.09. The zero-order chi connectivity index (χ0) is 15.9. The Hall–Kier alpha value is -0.530. The van der Waals surface area contributed by atoms with Crippen LogP contribution >= 0.6 is 0 Å². The molecule has 0 bridgehead atoms. The van der Waals surface area contributed by atoms with Gasteiger partial charge in [0.05, 0.1) is 6.61 Å². The van der Waals surface area contributed by atoms with Gasteiger partial charge in [-0.1, -0.05) is 90.4 Å². The average molecular weight is 311 g/mol. The van der Waals surface area contributed by atoms with Gasteiger partial charge in [-0.25, -0.2) is 0 Å². The fraction of sp³-hybridized carbons (Fsp3) is 0.950. The van der Waals surface area contributed by atoms with E-state index in [1.165, 1.54) is 83.5 Å². The van der Waals surface area contributed by atoms with E-state index in [0.717, 1.165) is 18.8 Å². The summed E-state index contributed by atoms with van der Waals surface area (Å²) in [5.41, 5.74) is 0. The third kappa shape index (κ3) is 11.1. The lowest BCUT2D eigenvalue weighted by Gasteiger charge is -2.13. The number of hydrogen-bond donors (Lipinski definition) is 0. The molecule has 0 atom stereocenters. The van der Waals surface area contributed by atoms with E-state index in [-0.39, 0.29) is 5.97 Å². The monoisotopic (exact) mass is 310 g/mol. The standard InChI is InChI=1S/C20H38O2/c1-2-3-4-5-6-7-8-13-16-20(21)22-18-17-19-14-11-9-10-12-15-19/h19H,2-18H2,1H3. The lowest BCUT2D eigenvalue weighted by Crippen LogP contribution is -2.09. The molecule has 0 radical (unpaired) electrons. The van der Waals surface area contributed by atoms with Crippen LogP contribution in [0.3, 0.4) is 0 Å². The molecule has 0 aliphatic heterocycles. The average Bonchev–Trinajstić information content (AvgIpc) is 2.79. The Morgan fingerprint density at radius 1 is 0.864 bits per heavy atom. The molecular weight excluding hydrogens is 272 g/mol.